The van der Waals surface area contributed by atoms with Crippen LogP contribution in [0.1, 0.15) is 11.1 Å². The van der Waals surface area contributed by atoms with Gasteiger partial charge in [0.2, 0.25) is 0 Å². The monoisotopic (exact) mass is 491 g/mol. The molecule has 0 aliphatic carbocycles. The predicted octanol–water partition coefficient (Wildman–Crippen LogP) is 3.35. The van der Waals surface area contributed by atoms with Gasteiger partial charge < -0.3 is 33.0 Å². The van der Waals surface area contributed by atoms with Crippen molar-refractivity contribution in [3.63, 3.8) is 0 Å². The first-order valence-electron chi connectivity index (χ1n) is 11.0. The predicted molar refractivity (Wildman–Crippen MR) is 133 cm³/mol. The number of morpholine rings is 1. The minimum Gasteiger partial charge on any atom is -0.612 e. The van der Waals surface area contributed by atoms with Crippen LogP contribution in [0.5, 0.6) is 28.7 Å². The summed E-state index contributed by atoms with van der Waals surface area (Å²) >= 11 is -1.27. The van der Waals surface area contributed by atoms with E-state index in [4.69, 9.17) is 28.4 Å². The normalized spacial score (nSPS) is 15.2. The van der Waals surface area contributed by atoms with E-state index in [1.807, 2.05) is 18.2 Å². The summed E-state index contributed by atoms with van der Waals surface area (Å²) < 4.78 is 45.8. The van der Waals surface area contributed by atoms with E-state index in [9.17, 15) is 4.55 Å². The third kappa shape index (κ3) is 7.20. The van der Waals surface area contributed by atoms with Crippen molar-refractivity contribution >= 4 is 17.3 Å². The van der Waals surface area contributed by atoms with Gasteiger partial charge in [-0.15, -0.1) is 0 Å². The third-order valence-corrected chi connectivity index (χ3v) is 6.50. The van der Waals surface area contributed by atoms with Crippen molar-refractivity contribution in [3.8, 4) is 28.7 Å². The van der Waals surface area contributed by atoms with Gasteiger partial charge in [0.05, 0.1) is 47.2 Å². The first-order valence-corrected chi connectivity index (χ1v) is 12.4. The van der Waals surface area contributed by atoms with Crippen LogP contribution < -0.4 is 23.7 Å². The Morgan fingerprint density at radius 3 is 2.21 bits per heavy atom. The molecule has 0 aromatic heterocycles. The molecule has 186 valence electrons. The van der Waals surface area contributed by atoms with E-state index in [0.29, 0.717) is 46.7 Å². The lowest BCUT2D eigenvalue weighted by atomic mass is 10.1. The number of nitrogens with zero attached hydrogens (tertiary/aromatic N) is 1. The van der Waals surface area contributed by atoms with Gasteiger partial charge >= 0.3 is 0 Å². The van der Waals surface area contributed by atoms with Crippen LogP contribution in [0.25, 0.3) is 6.08 Å². The van der Waals surface area contributed by atoms with Crippen molar-refractivity contribution in [2.75, 3.05) is 67.9 Å². The van der Waals surface area contributed by atoms with Crippen molar-refractivity contribution in [3.05, 3.63) is 46.9 Å². The van der Waals surface area contributed by atoms with Gasteiger partial charge in [-0.3, -0.25) is 4.90 Å². The Labute approximate surface area is 204 Å². The second-order valence-corrected chi connectivity index (χ2v) is 8.88. The summed E-state index contributed by atoms with van der Waals surface area (Å²) in [7, 11) is 6.33. The first kappa shape index (κ1) is 26.0. The molecule has 1 unspecified atom stereocenters. The number of ether oxygens (including phenoxy) is 6. The summed E-state index contributed by atoms with van der Waals surface area (Å²) in [6.45, 7) is 4.70. The number of methoxy groups -OCH3 is 4. The van der Waals surface area contributed by atoms with Gasteiger partial charge in [-0.25, -0.2) is 0 Å². The average molecular weight is 492 g/mol. The largest absolute Gasteiger partial charge is 0.612 e. The molecule has 0 amide bonds. The van der Waals surface area contributed by atoms with Crippen molar-refractivity contribution in [2.45, 2.75) is 5.75 Å². The lowest BCUT2D eigenvalue weighted by Gasteiger charge is -2.26. The Balaban J connectivity index is 1.65. The number of hydrogen-bond donors (Lipinski definition) is 0. The van der Waals surface area contributed by atoms with Crippen LogP contribution in [0.3, 0.4) is 0 Å². The van der Waals surface area contributed by atoms with Crippen LogP contribution in [0.15, 0.2) is 35.7 Å². The van der Waals surface area contributed by atoms with Gasteiger partial charge in [0.1, 0.15) is 35.0 Å². The van der Waals surface area contributed by atoms with E-state index in [2.05, 4.69) is 4.90 Å². The standard InChI is InChI=1S/C25H33NO7S/c1-28-20-16-23(30-3)21(24(17-20)31-4)7-14-34(27)18-19-5-6-22(29-2)25(15-19)33-13-10-26-8-11-32-12-9-26/h5-7,14-17H,8-13,18H2,1-4H3/b14-7+. The molecule has 0 N–H and O–H groups in total. The molecule has 0 bridgehead atoms. The maximum atomic E-state index is 12.8. The number of rotatable bonds is 12. The Kier molecular flexibility index (Phi) is 10.2. The van der Waals surface area contributed by atoms with Gasteiger partial charge in [-0.2, -0.15) is 0 Å². The second kappa shape index (κ2) is 13.3. The zero-order valence-corrected chi connectivity index (χ0v) is 21.0. The number of hydrogen-bond acceptors (Lipinski definition) is 8. The Morgan fingerprint density at radius 1 is 0.912 bits per heavy atom. The molecule has 2 aromatic carbocycles. The molecule has 3 rings (SSSR count). The molecule has 2 aromatic rings. The smallest absolute Gasteiger partial charge is 0.161 e. The van der Waals surface area contributed by atoms with Crippen molar-refractivity contribution in [2.24, 2.45) is 0 Å². The molecule has 0 radical (unpaired) electrons. The topological polar surface area (TPSA) is 81.7 Å². The minimum atomic E-state index is -1.27. The highest BCUT2D eigenvalue weighted by Crippen LogP contribution is 2.35. The van der Waals surface area contributed by atoms with Crippen LogP contribution in [0, 0.1) is 0 Å². The van der Waals surface area contributed by atoms with Crippen LogP contribution >= 0.6 is 0 Å². The molecule has 1 heterocycles. The molecular formula is C25H33NO7S. The van der Waals surface area contributed by atoms with E-state index in [0.717, 1.165) is 38.4 Å². The fraction of sp³-hybridized carbons (Fsp3) is 0.440. The second-order valence-electron chi connectivity index (χ2n) is 7.56. The highest BCUT2D eigenvalue weighted by atomic mass is 32.2. The molecule has 1 atom stereocenters. The van der Waals surface area contributed by atoms with E-state index in [-0.39, 0.29) is 0 Å². The van der Waals surface area contributed by atoms with Gasteiger partial charge in [0, 0.05) is 43.4 Å². The van der Waals surface area contributed by atoms with E-state index >= 15 is 0 Å². The van der Waals surface area contributed by atoms with Crippen LogP contribution in [0.4, 0.5) is 0 Å². The lowest BCUT2D eigenvalue weighted by Crippen LogP contribution is -2.38. The molecule has 1 aliphatic heterocycles. The molecule has 1 fully saturated rings. The Hall–Kier alpha value is -2.59. The third-order valence-electron chi connectivity index (χ3n) is 5.45. The Bertz CT molecular complexity index is 922. The summed E-state index contributed by atoms with van der Waals surface area (Å²) in [5, 5.41) is 1.63. The van der Waals surface area contributed by atoms with E-state index < -0.39 is 11.2 Å². The fourth-order valence-electron chi connectivity index (χ4n) is 3.59. The summed E-state index contributed by atoms with van der Waals surface area (Å²) in [4.78, 5) is 2.31. The maximum Gasteiger partial charge on any atom is 0.161 e. The lowest BCUT2D eigenvalue weighted by molar-refractivity contribution is 0.0321. The molecule has 0 spiro atoms. The fourth-order valence-corrected chi connectivity index (χ4v) is 4.48. The van der Waals surface area contributed by atoms with Crippen LogP contribution in [-0.2, 0) is 21.7 Å². The first-order chi connectivity index (χ1) is 16.6. The summed E-state index contributed by atoms with van der Waals surface area (Å²) in [5.74, 6) is 3.40. The van der Waals surface area contributed by atoms with Gasteiger partial charge in [0.15, 0.2) is 11.5 Å². The minimum absolute atomic E-state index is 0.334. The average Bonchev–Trinajstić information content (AvgIpc) is 2.87. The summed E-state index contributed by atoms with van der Waals surface area (Å²) in [5.41, 5.74) is 1.58. The van der Waals surface area contributed by atoms with Crippen molar-refractivity contribution < 1.29 is 33.0 Å². The molecule has 0 saturated carbocycles. The van der Waals surface area contributed by atoms with Crippen molar-refractivity contribution in [1.29, 1.82) is 0 Å². The van der Waals surface area contributed by atoms with Gasteiger partial charge in [-0.05, 0) is 23.3 Å². The summed E-state index contributed by atoms with van der Waals surface area (Å²) in [6.07, 6.45) is 1.75. The molecule has 9 heteroatoms. The maximum absolute atomic E-state index is 12.8. The molecule has 1 aliphatic rings. The van der Waals surface area contributed by atoms with Crippen LogP contribution in [-0.4, -0.2) is 77.3 Å². The SMILES string of the molecule is COc1cc(OC)c(/C=C/[S+]([O-])Cc2ccc(OC)c(OCCN3CCOCC3)c2)c(OC)c1. The molecular weight excluding hydrogens is 458 g/mol. The molecule has 1 saturated heterocycles. The highest BCUT2D eigenvalue weighted by Gasteiger charge is 2.15. The van der Waals surface area contributed by atoms with Gasteiger partial charge in [-0.1, -0.05) is 6.07 Å². The number of benzene rings is 2. The molecule has 8 nitrogen and oxygen atoms in total. The quantitative estimate of drug-likeness (QED) is 0.418. The van der Waals surface area contributed by atoms with Gasteiger partial charge in [0.25, 0.3) is 0 Å². The van der Waals surface area contributed by atoms with Crippen molar-refractivity contribution in [1.82, 2.24) is 4.90 Å². The van der Waals surface area contributed by atoms with E-state index in [1.165, 1.54) is 0 Å². The zero-order valence-electron chi connectivity index (χ0n) is 20.2. The highest BCUT2D eigenvalue weighted by molar-refractivity contribution is 7.93. The summed E-state index contributed by atoms with van der Waals surface area (Å²) in [6, 6.07) is 9.15. The Morgan fingerprint density at radius 2 is 1.59 bits per heavy atom. The molecule has 34 heavy (non-hydrogen) atoms. The van der Waals surface area contributed by atoms with E-state index in [1.54, 1.807) is 52.1 Å². The zero-order chi connectivity index (χ0) is 24.3. The van der Waals surface area contributed by atoms with Crippen LogP contribution in [0.2, 0.25) is 0 Å².